The number of ether oxygens (including phenoxy) is 2. The SMILES string of the molecule is COc1ccc2ccccc2c1-c1cc(CN=C(N)N2CCOC(C)C2)on1. The first kappa shape index (κ1) is 18.3. The lowest BCUT2D eigenvalue weighted by atomic mass is 10.0. The van der Waals surface area contributed by atoms with Crippen molar-refractivity contribution in [3.63, 3.8) is 0 Å². The zero-order valence-electron chi connectivity index (χ0n) is 16.1. The summed E-state index contributed by atoms with van der Waals surface area (Å²) >= 11 is 0. The summed E-state index contributed by atoms with van der Waals surface area (Å²) in [6.45, 7) is 4.50. The highest BCUT2D eigenvalue weighted by Gasteiger charge is 2.19. The number of morpholine rings is 1. The Morgan fingerprint density at radius 2 is 2.18 bits per heavy atom. The summed E-state index contributed by atoms with van der Waals surface area (Å²) in [4.78, 5) is 6.49. The van der Waals surface area contributed by atoms with Gasteiger partial charge in [0.2, 0.25) is 0 Å². The summed E-state index contributed by atoms with van der Waals surface area (Å²) in [5.74, 6) is 1.90. The average molecular weight is 380 g/mol. The van der Waals surface area contributed by atoms with Gasteiger partial charge in [0.15, 0.2) is 11.7 Å². The maximum absolute atomic E-state index is 6.13. The van der Waals surface area contributed by atoms with Crippen molar-refractivity contribution in [1.29, 1.82) is 0 Å². The van der Waals surface area contributed by atoms with Crippen LogP contribution in [0.1, 0.15) is 12.7 Å². The molecular weight excluding hydrogens is 356 g/mol. The number of hydrogen-bond acceptors (Lipinski definition) is 5. The van der Waals surface area contributed by atoms with Gasteiger partial charge in [0.05, 0.1) is 25.4 Å². The molecule has 7 heteroatoms. The normalized spacial score (nSPS) is 17.9. The van der Waals surface area contributed by atoms with Crippen LogP contribution in [-0.4, -0.2) is 48.9 Å². The Bertz CT molecular complexity index is 998. The highest BCUT2D eigenvalue weighted by Crippen LogP contribution is 2.36. The fourth-order valence-electron chi connectivity index (χ4n) is 3.48. The van der Waals surface area contributed by atoms with E-state index >= 15 is 0 Å². The molecule has 2 N–H and O–H groups in total. The second kappa shape index (κ2) is 7.90. The maximum atomic E-state index is 6.13. The molecule has 0 radical (unpaired) electrons. The van der Waals surface area contributed by atoms with Crippen molar-refractivity contribution >= 4 is 16.7 Å². The van der Waals surface area contributed by atoms with Gasteiger partial charge in [-0.25, -0.2) is 4.99 Å². The smallest absolute Gasteiger partial charge is 0.191 e. The molecule has 1 fully saturated rings. The topological polar surface area (TPSA) is 86.1 Å². The summed E-state index contributed by atoms with van der Waals surface area (Å²) < 4.78 is 16.6. The Morgan fingerprint density at radius 3 is 3.00 bits per heavy atom. The summed E-state index contributed by atoms with van der Waals surface area (Å²) in [7, 11) is 1.66. The summed E-state index contributed by atoms with van der Waals surface area (Å²) in [6.07, 6.45) is 0.151. The number of rotatable bonds is 4. The van der Waals surface area contributed by atoms with Crippen LogP contribution >= 0.6 is 0 Å². The Hall–Kier alpha value is -3.06. The van der Waals surface area contributed by atoms with E-state index < -0.39 is 0 Å². The monoisotopic (exact) mass is 380 g/mol. The fourth-order valence-corrected chi connectivity index (χ4v) is 3.48. The number of fused-ring (bicyclic) bond motifs is 1. The Kier molecular flexibility index (Phi) is 5.16. The van der Waals surface area contributed by atoms with E-state index in [0.29, 0.717) is 24.9 Å². The molecule has 0 bridgehead atoms. The fraction of sp³-hybridized carbons (Fsp3) is 0.333. The van der Waals surface area contributed by atoms with Gasteiger partial charge in [-0.1, -0.05) is 35.5 Å². The molecule has 1 unspecified atom stereocenters. The van der Waals surface area contributed by atoms with Crippen molar-refractivity contribution in [2.75, 3.05) is 26.8 Å². The molecule has 1 saturated heterocycles. The molecule has 4 rings (SSSR count). The highest BCUT2D eigenvalue weighted by molar-refractivity contribution is 5.98. The van der Waals surface area contributed by atoms with Gasteiger partial charge < -0.3 is 24.6 Å². The standard InChI is InChI=1S/C21H24N4O3/c1-14-13-25(9-10-27-14)21(22)23-12-16-11-18(24-28-16)20-17-6-4-3-5-15(17)7-8-19(20)26-2/h3-8,11,14H,9-10,12-13H2,1-2H3,(H2,22,23). The van der Waals surface area contributed by atoms with Crippen LogP contribution < -0.4 is 10.5 Å². The van der Waals surface area contributed by atoms with E-state index in [1.807, 2.05) is 42.2 Å². The van der Waals surface area contributed by atoms with Crippen molar-refractivity contribution < 1.29 is 14.0 Å². The van der Waals surface area contributed by atoms with Gasteiger partial charge in [-0.05, 0) is 23.8 Å². The van der Waals surface area contributed by atoms with Gasteiger partial charge >= 0.3 is 0 Å². The lowest BCUT2D eigenvalue weighted by Crippen LogP contribution is -2.47. The molecule has 7 nitrogen and oxygen atoms in total. The largest absolute Gasteiger partial charge is 0.496 e. The zero-order valence-corrected chi connectivity index (χ0v) is 16.1. The Morgan fingerprint density at radius 1 is 1.32 bits per heavy atom. The van der Waals surface area contributed by atoms with E-state index in [1.165, 1.54) is 0 Å². The van der Waals surface area contributed by atoms with Crippen LogP contribution in [0, 0.1) is 0 Å². The minimum absolute atomic E-state index is 0.151. The highest BCUT2D eigenvalue weighted by atomic mass is 16.5. The van der Waals surface area contributed by atoms with E-state index in [1.54, 1.807) is 7.11 Å². The third-order valence-electron chi connectivity index (χ3n) is 4.89. The van der Waals surface area contributed by atoms with Crippen LogP contribution in [0.4, 0.5) is 0 Å². The third-order valence-corrected chi connectivity index (χ3v) is 4.89. The van der Waals surface area contributed by atoms with Crippen molar-refractivity contribution in [2.24, 2.45) is 10.7 Å². The first-order valence-corrected chi connectivity index (χ1v) is 9.34. The Balaban J connectivity index is 1.58. The van der Waals surface area contributed by atoms with Gasteiger partial charge in [-0.15, -0.1) is 0 Å². The molecule has 1 aliphatic heterocycles. The van der Waals surface area contributed by atoms with E-state index in [2.05, 4.69) is 22.3 Å². The molecule has 2 heterocycles. The predicted molar refractivity (Wildman–Crippen MR) is 108 cm³/mol. The number of benzene rings is 2. The summed E-state index contributed by atoms with van der Waals surface area (Å²) in [5.41, 5.74) is 7.77. The van der Waals surface area contributed by atoms with E-state index in [9.17, 15) is 0 Å². The number of methoxy groups -OCH3 is 1. The third kappa shape index (κ3) is 3.66. The maximum Gasteiger partial charge on any atom is 0.191 e. The summed E-state index contributed by atoms with van der Waals surface area (Å²) in [5, 5.41) is 6.43. The van der Waals surface area contributed by atoms with Gasteiger partial charge in [-0.2, -0.15) is 0 Å². The molecule has 0 aliphatic carbocycles. The van der Waals surface area contributed by atoms with Gasteiger partial charge in [-0.3, -0.25) is 0 Å². The lowest BCUT2D eigenvalue weighted by molar-refractivity contribution is 0.00527. The first-order valence-electron chi connectivity index (χ1n) is 9.34. The van der Waals surface area contributed by atoms with Gasteiger partial charge in [0, 0.05) is 19.2 Å². The van der Waals surface area contributed by atoms with Crippen LogP contribution in [0.25, 0.3) is 22.0 Å². The van der Waals surface area contributed by atoms with Crippen LogP contribution in [0.5, 0.6) is 5.75 Å². The van der Waals surface area contributed by atoms with Crippen molar-refractivity contribution in [3.8, 4) is 17.0 Å². The minimum Gasteiger partial charge on any atom is -0.496 e. The number of aromatic nitrogens is 1. The number of nitrogens with two attached hydrogens (primary N) is 1. The zero-order chi connectivity index (χ0) is 19.5. The molecule has 3 aromatic rings. The Labute approximate surface area is 163 Å². The molecule has 146 valence electrons. The number of nitrogens with zero attached hydrogens (tertiary/aromatic N) is 3. The lowest BCUT2D eigenvalue weighted by Gasteiger charge is -2.31. The molecule has 0 amide bonds. The quantitative estimate of drug-likeness (QED) is 0.553. The van der Waals surface area contributed by atoms with Gasteiger partial charge in [0.25, 0.3) is 0 Å². The second-order valence-corrected chi connectivity index (χ2v) is 6.84. The molecule has 0 spiro atoms. The molecule has 0 saturated carbocycles. The molecule has 1 atom stereocenters. The molecular formula is C21H24N4O3. The first-order chi connectivity index (χ1) is 13.7. The second-order valence-electron chi connectivity index (χ2n) is 6.84. The van der Waals surface area contributed by atoms with Crippen molar-refractivity contribution in [3.05, 3.63) is 48.2 Å². The average Bonchev–Trinajstić information content (AvgIpc) is 3.19. The number of guanidine groups is 1. The number of hydrogen-bond donors (Lipinski definition) is 1. The van der Waals surface area contributed by atoms with E-state index in [0.717, 1.165) is 40.9 Å². The van der Waals surface area contributed by atoms with Gasteiger partial charge in [0.1, 0.15) is 18.0 Å². The molecule has 2 aromatic carbocycles. The van der Waals surface area contributed by atoms with Crippen LogP contribution in [0.3, 0.4) is 0 Å². The van der Waals surface area contributed by atoms with Crippen molar-refractivity contribution in [1.82, 2.24) is 10.1 Å². The van der Waals surface area contributed by atoms with Crippen molar-refractivity contribution in [2.45, 2.75) is 19.6 Å². The minimum atomic E-state index is 0.151. The summed E-state index contributed by atoms with van der Waals surface area (Å²) in [6, 6.07) is 14.0. The van der Waals surface area contributed by atoms with E-state index in [4.69, 9.17) is 19.7 Å². The number of aliphatic imine (C=N–C) groups is 1. The van der Waals surface area contributed by atoms with E-state index in [-0.39, 0.29) is 6.10 Å². The molecule has 1 aliphatic rings. The van der Waals surface area contributed by atoms with Crippen LogP contribution in [-0.2, 0) is 11.3 Å². The molecule has 1 aromatic heterocycles. The molecule has 28 heavy (non-hydrogen) atoms. The van der Waals surface area contributed by atoms with Crippen LogP contribution in [0.2, 0.25) is 0 Å². The predicted octanol–water partition coefficient (Wildman–Crippen LogP) is 3.04. The van der Waals surface area contributed by atoms with Crippen LogP contribution in [0.15, 0.2) is 52.0 Å².